The molecule has 1 fully saturated rings. The highest BCUT2D eigenvalue weighted by Gasteiger charge is 2.27. The van der Waals surface area contributed by atoms with Crippen LogP contribution in [0.25, 0.3) is 0 Å². The van der Waals surface area contributed by atoms with Crippen LogP contribution in [0.5, 0.6) is 5.75 Å². The minimum Gasteiger partial charge on any atom is -0.492 e. The molecule has 1 aliphatic heterocycles. The van der Waals surface area contributed by atoms with Gasteiger partial charge in [-0.1, -0.05) is 15.9 Å². The number of morpholine rings is 1. The topological polar surface area (TPSA) is 64.8 Å². The van der Waals surface area contributed by atoms with Crippen LogP contribution < -0.4 is 10.5 Å². The number of hydrogen-bond donors (Lipinski definition) is 1. The first-order valence-electron chi connectivity index (χ1n) is 6.26. The number of nitrogens with zero attached hydrogens (tertiary/aromatic N) is 1. The zero-order valence-electron chi connectivity index (χ0n) is 10.9. The van der Waals surface area contributed by atoms with E-state index in [1.165, 1.54) is 12.1 Å². The summed E-state index contributed by atoms with van der Waals surface area (Å²) >= 11 is 3.20. The highest BCUT2D eigenvalue weighted by molar-refractivity contribution is 9.10. The van der Waals surface area contributed by atoms with Crippen LogP contribution >= 0.6 is 15.9 Å². The fraction of sp³-hybridized carbons (Fsp3) is 0.462. The molecule has 1 aromatic carbocycles. The molecule has 1 aromatic rings. The van der Waals surface area contributed by atoms with Gasteiger partial charge < -0.3 is 15.2 Å². The SMILES string of the molecule is NC(=O)[C@@H]1COCCN1CCOc1cc(F)cc(Br)c1. The maximum Gasteiger partial charge on any atom is 0.237 e. The van der Waals surface area contributed by atoms with Gasteiger partial charge in [0.25, 0.3) is 0 Å². The van der Waals surface area contributed by atoms with Crippen LogP contribution in [0.15, 0.2) is 22.7 Å². The van der Waals surface area contributed by atoms with Crippen LogP contribution in [0.3, 0.4) is 0 Å². The van der Waals surface area contributed by atoms with E-state index < -0.39 is 11.9 Å². The standard InChI is InChI=1S/C13H16BrFN2O3/c14-9-5-10(15)7-11(6-9)20-4-2-17-1-3-19-8-12(17)13(16)18/h5-7,12H,1-4,8H2,(H2,16,18)/t12-/m0/s1. The van der Waals surface area contributed by atoms with E-state index >= 15 is 0 Å². The third-order valence-electron chi connectivity index (χ3n) is 3.05. The van der Waals surface area contributed by atoms with Gasteiger partial charge in [-0.2, -0.15) is 0 Å². The summed E-state index contributed by atoms with van der Waals surface area (Å²) in [5.74, 6) is -0.324. The maximum atomic E-state index is 13.2. The number of carbonyl (C=O) groups excluding carboxylic acids is 1. The number of halogens is 2. The number of nitrogens with two attached hydrogens (primary N) is 1. The quantitative estimate of drug-likeness (QED) is 0.868. The summed E-state index contributed by atoms with van der Waals surface area (Å²) in [4.78, 5) is 13.2. The number of carbonyl (C=O) groups is 1. The molecule has 2 N–H and O–H groups in total. The maximum absolute atomic E-state index is 13.2. The lowest BCUT2D eigenvalue weighted by Crippen LogP contribution is -2.53. The largest absolute Gasteiger partial charge is 0.492 e. The predicted octanol–water partition coefficient (Wildman–Crippen LogP) is 1.15. The van der Waals surface area contributed by atoms with Gasteiger partial charge in [-0.25, -0.2) is 4.39 Å². The lowest BCUT2D eigenvalue weighted by molar-refractivity contribution is -0.129. The molecule has 1 atom stereocenters. The third-order valence-corrected chi connectivity index (χ3v) is 3.51. The third kappa shape index (κ3) is 4.16. The molecule has 1 amide bonds. The van der Waals surface area contributed by atoms with Crippen molar-refractivity contribution in [3.05, 3.63) is 28.5 Å². The summed E-state index contributed by atoms with van der Waals surface area (Å²) in [5, 5.41) is 0. The Bertz CT molecular complexity index is 466. The van der Waals surface area contributed by atoms with E-state index in [1.807, 2.05) is 4.90 Å². The Kier molecular flexibility index (Phi) is 5.33. The number of benzene rings is 1. The first-order valence-corrected chi connectivity index (χ1v) is 7.05. The van der Waals surface area contributed by atoms with Gasteiger partial charge in [0.05, 0.1) is 13.2 Å². The van der Waals surface area contributed by atoms with Crippen molar-refractivity contribution in [1.29, 1.82) is 0 Å². The van der Waals surface area contributed by atoms with Crippen LogP contribution in [-0.4, -0.2) is 49.8 Å². The van der Waals surface area contributed by atoms with Gasteiger partial charge in [0.15, 0.2) is 0 Å². The van der Waals surface area contributed by atoms with Gasteiger partial charge >= 0.3 is 0 Å². The molecular formula is C13H16BrFN2O3. The van der Waals surface area contributed by atoms with Crippen LogP contribution in [-0.2, 0) is 9.53 Å². The Morgan fingerprint density at radius 1 is 1.55 bits per heavy atom. The van der Waals surface area contributed by atoms with E-state index in [0.29, 0.717) is 43.1 Å². The average Bonchev–Trinajstić information content (AvgIpc) is 2.38. The van der Waals surface area contributed by atoms with E-state index in [1.54, 1.807) is 6.07 Å². The van der Waals surface area contributed by atoms with E-state index in [9.17, 15) is 9.18 Å². The average molecular weight is 347 g/mol. The van der Waals surface area contributed by atoms with Crippen molar-refractivity contribution >= 4 is 21.8 Å². The van der Waals surface area contributed by atoms with Gasteiger partial charge in [0.1, 0.15) is 24.2 Å². The van der Waals surface area contributed by atoms with Crippen LogP contribution in [0.2, 0.25) is 0 Å². The van der Waals surface area contributed by atoms with Gasteiger partial charge in [-0.05, 0) is 12.1 Å². The van der Waals surface area contributed by atoms with E-state index in [0.717, 1.165) is 0 Å². The molecular weight excluding hydrogens is 331 g/mol. The Morgan fingerprint density at radius 2 is 2.35 bits per heavy atom. The molecule has 1 heterocycles. The second kappa shape index (κ2) is 7.01. The summed E-state index contributed by atoms with van der Waals surface area (Å²) in [5.41, 5.74) is 5.32. The molecule has 0 spiro atoms. The van der Waals surface area contributed by atoms with Crippen molar-refractivity contribution in [2.45, 2.75) is 6.04 Å². The molecule has 110 valence electrons. The summed E-state index contributed by atoms with van der Waals surface area (Å²) < 4.78 is 24.5. The van der Waals surface area contributed by atoms with E-state index in [4.69, 9.17) is 15.2 Å². The van der Waals surface area contributed by atoms with E-state index in [2.05, 4.69) is 15.9 Å². The molecule has 0 radical (unpaired) electrons. The van der Waals surface area contributed by atoms with Crippen molar-refractivity contribution in [3.8, 4) is 5.75 Å². The normalized spacial score (nSPS) is 19.8. The smallest absolute Gasteiger partial charge is 0.237 e. The zero-order chi connectivity index (χ0) is 14.5. The number of primary amides is 1. The highest BCUT2D eigenvalue weighted by Crippen LogP contribution is 2.20. The molecule has 7 heteroatoms. The van der Waals surface area contributed by atoms with Crippen molar-refractivity contribution in [2.75, 3.05) is 32.9 Å². The molecule has 0 saturated carbocycles. The Hall–Kier alpha value is -1.18. The van der Waals surface area contributed by atoms with Crippen molar-refractivity contribution in [3.63, 3.8) is 0 Å². The van der Waals surface area contributed by atoms with Gasteiger partial charge in [-0.3, -0.25) is 9.69 Å². The lowest BCUT2D eigenvalue weighted by Gasteiger charge is -2.33. The number of amides is 1. The van der Waals surface area contributed by atoms with Crippen LogP contribution in [0, 0.1) is 5.82 Å². The Balaban J connectivity index is 1.86. The second-order valence-corrected chi connectivity index (χ2v) is 5.40. The minimum atomic E-state index is -0.424. The number of ether oxygens (including phenoxy) is 2. The predicted molar refractivity (Wildman–Crippen MR) is 75.0 cm³/mol. The Morgan fingerprint density at radius 3 is 3.05 bits per heavy atom. The lowest BCUT2D eigenvalue weighted by atomic mass is 10.2. The van der Waals surface area contributed by atoms with Crippen LogP contribution in [0.1, 0.15) is 0 Å². The molecule has 0 aromatic heterocycles. The van der Waals surface area contributed by atoms with Crippen LogP contribution in [0.4, 0.5) is 4.39 Å². The first-order chi connectivity index (χ1) is 9.56. The zero-order valence-corrected chi connectivity index (χ0v) is 12.4. The van der Waals surface area contributed by atoms with Crippen molar-refractivity contribution in [1.82, 2.24) is 4.90 Å². The monoisotopic (exact) mass is 346 g/mol. The molecule has 5 nitrogen and oxygen atoms in total. The summed E-state index contributed by atoms with van der Waals surface area (Å²) in [6, 6.07) is 3.94. The van der Waals surface area contributed by atoms with Gasteiger partial charge in [-0.15, -0.1) is 0 Å². The minimum absolute atomic E-state index is 0.306. The van der Waals surface area contributed by atoms with E-state index in [-0.39, 0.29) is 5.82 Å². The molecule has 0 bridgehead atoms. The fourth-order valence-electron chi connectivity index (χ4n) is 2.06. The number of rotatable bonds is 5. The van der Waals surface area contributed by atoms with Gasteiger partial charge in [0, 0.05) is 23.6 Å². The summed E-state index contributed by atoms with van der Waals surface area (Å²) in [6.07, 6.45) is 0. The highest BCUT2D eigenvalue weighted by atomic mass is 79.9. The first kappa shape index (κ1) is 15.2. The molecule has 2 rings (SSSR count). The van der Waals surface area contributed by atoms with Gasteiger partial charge in [0.2, 0.25) is 5.91 Å². The number of hydrogen-bond acceptors (Lipinski definition) is 4. The summed E-state index contributed by atoms with van der Waals surface area (Å²) in [6.45, 7) is 2.38. The molecule has 1 saturated heterocycles. The molecule has 0 aliphatic carbocycles. The summed E-state index contributed by atoms with van der Waals surface area (Å²) in [7, 11) is 0. The molecule has 20 heavy (non-hydrogen) atoms. The molecule has 0 unspecified atom stereocenters. The Labute approximate surface area is 125 Å². The fourth-order valence-corrected chi connectivity index (χ4v) is 2.50. The van der Waals surface area contributed by atoms with Crippen molar-refractivity contribution in [2.24, 2.45) is 5.73 Å². The molecule has 1 aliphatic rings. The second-order valence-electron chi connectivity index (χ2n) is 4.48. The van der Waals surface area contributed by atoms with Crippen molar-refractivity contribution < 1.29 is 18.7 Å².